The predicted octanol–water partition coefficient (Wildman–Crippen LogP) is 7.96. The summed E-state index contributed by atoms with van der Waals surface area (Å²) in [5, 5.41) is 0. The Hall–Kier alpha value is -2.09. The molecule has 0 bridgehead atoms. The lowest BCUT2D eigenvalue weighted by atomic mass is 9.71. The zero-order valence-electron chi connectivity index (χ0n) is 21.4. The first kappa shape index (κ1) is 23.1. The standard InChI is InChI=1S/C30H43N2/c1-8-30(17-23(6)15-16-24(7)18-30)28-14-9-11-25-19-31(20-32(25)28)29-26(21(2)3)12-10-13-27(29)22(4)5/h9-14,19-24H,8,15-18H2,1-7H3/q+1. The maximum Gasteiger partial charge on any atom is 0.254 e. The second-order valence-corrected chi connectivity index (χ2v) is 11.3. The number of para-hydroxylation sites is 1. The molecule has 3 aromatic rings. The van der Waals surface area contributed by atoms with E-state index in [0.717, 1.165) is 11.8 Å². The lowest BCUT2D eigenvalue weighted by molar-refractivity contribution is -0.595. The molecule has 2 unspecified atom stereocenters. The second-order valence-electron chi connectivity index (χ2n) is 11.3. The molecule has 32 heavy (non-hydrogen) atoms. The number of imidazole rings is 1. The van der Waals surface area contributed by atoms with E-state index in [0.29, 0.717) is 11.8 Å². The normalized spacial score (nSPS) is 24.4. The molecule has 0 aliphatic heterocycles. The van der Waals surface area contributed by atoms with E-state index in [1.165, 1.54) is 60.1 Å². The molecule has 1 aliphatic carbocycles. The van der Waals surface area contributed by atoms with Crippen LogP contribution in [0.3, 0.4) is 0 Å². The van der Waals surface area contributed by atoms with Gasteiger partial charge in [0.05, 0.1) is 0 Å². The summed E-state index contributed by atoms with van der Waals surface area (Å²) in [5.74, 6) is 2.55. The smallest absolute Gasteiger partial charge is 0.201 e. The Morgan fingerprint density at radius 2 is 1.47 bits per heavy atom. The Morgan fingerprint density at radius 3 is 2.00 bits per heavy atom. The number of hydrogen-bond donors (Lipinski definition) is 0. The van der Waals surface area contributed by atoms with Gasteiger partial charge >= 0.3 is 0 Å². The highest BCUT2D eigenvalue weighted by Gasteiger charge is 2.40. The Kier molecular flexibility index (Phi) is 6.52. The molecular weight excluding hydrogens is 388 g/mol. The highest BCUT2D eigenvalue weighted by atomic mass is 15.1. The lowest BCUT2D eigenvalue weighted by Crippen LogP contribution is -2.33. The van der Waals surface area contributed by atoms with Crippen LogP contribution in [0.2, 0.25) is 0 Å². The fourth-order valence-electron chi connectivity index (χ4n) is 6.31. The molecule has 2 atom stereocenters. The summed E-state index contributed by atoms with van der Waals surface area (Å²) in [5.41, 5.74) is 7.30. The molecule has 0 N–H and O–H groups in total. The van der Waals surface area contributed by atoms with E-state index in [2.05, 4.69) is 106 Å². The Labute approximate surface area is 195 Å². The van der Waals surface area contributed by atoms with Gasteiger partial charge in [0, 0.05) is 16.5 Å². The zero-order chi connectivity index (χ0) is 23.0. The highest BCUT2D eigenvalue weighted by molar-refractivity contribution is 5.49. The van der Waals surface area contributed by atoms with Crippen LogP contribution in [0, 0.1) is 11.8 Å². The van der Waals surface area contributed by atoms with Crippen LogP contribution >= 0.6 is 0 Å². The van der Waals surface area contributed by atoms with Gasteiger partial charge in [-0.25, -0.2) is 4.57 Å². The van der Waals surface area contributed by atoms with Gasteiger partial charge in [-0.1, -0.05) is 85.6 Å². The minimum Gasteiger partial charge on any atom is -0.201 e. The van der Waals surface area contributed by atoms with Crippen molar-refractivity contribution in [2.75, 3.05) is 0 Å². The van der Waals surface area contributed by atoms with Crippen LogP contribution in [-0.4, -0.2) is 4.40 Å². The second kappa shape index (κ2) is 9.04. The third kappa shape index (κ3) is 4.14. The van der Waals surface area contributed by atoms with Crippen molar-refractivity contribution in [2.45, 2.75) is 97.8 Å². The van der Waals surface area contributed by atoms with E-state index in [-0.39, 0.29) is 5.41 Å². The molecule has 2 heterocycles. The first-order valence-electron chi connectivity index (χ1n) is 12.9. The van der Waals surface area contributed by atoms with E-state index in [1.807, 2.05) is 0 Å². The number of pyridine rings is 1. The molecule has 2 aromatic heterocycles. The SMILES string of the molecule is CCC1(c2cccc3c[n+](-c4c(C(C)C)cccc4C(C)C)cn23)CC(C)CCC(C)C1. The zero-order valence-corrected chi connectivity index (χ0v) is 21.4. The molecule has 4 rings (SSSR count). The molecule has 2 heteroatoms. The third-order valence-corrected chi connectivity index (χ3v) is 8.02. The largest absolute Gasteiger partial charge is 0.254 e. The summed E-state index contributed by atoms with van der Waals surface area (Å²) in [6.45, 7) is 16.6. The van der Waals surface area contributed by atoms with Crippen molar-refractivity contribution in [2.24, 2.45) is 11.8 Å². The van der Waals surface area contributed by atoms with E-state index in [1.54, 1.807) is 0 Å². The van der Waals surface area contributed by atoms with Crippen molar-refractivity contribution in [3.05, 3.63) is 65.7 Å². The Bertz CT molecular complexity index is 1030. The average Bonchev–Trinajstić information content (AvgIpc) is 3.13. The summed E-state index contributed by atoms with van der Waals surface area (Å²) < 4.78 is 4.92. The maximum absolute atomic E-state index is 2.51. The van der Waals surface area contributed by atoms with E-state index < -0.39 is 0 Å². The predicted molar refractivity (Wildman–Crippen MR) is 136 cm³/mol. The number of fused-ring (bicyclic) bond motifs is 1. The number of benzene rings is 1. The number of hydrogen-bond acceptors (Lipinski definition) is 0. The third-order valence-electron chi connectivity index (χ3n) is 8.02. The van der Waals surface area contributed by atoms with Crippen molar-refractivity contribution in [1.82, 2.24) is 4.40 Å². The fraction of sp³-hybridized carbons (Fsp3) is 0.567. The monoisotopic (exact) mass is 431 g/mol. The van der Waals surface area contributed by atoms with Crippen molar-refractivity contribution in [3.63, 3.8) is 0 Å². The molecular formula is C30H43N2+. The minimum atomic E-state index is 0.254. The first-order valence-corrected chi connectivity index (χ1v) is 12.9. The number of nitrogens with zero attached hydrogens (tertiary/aromatic N) is 2. The van der Waals surface area contributed by atoms with Crippen LogP contribution < -0.4 is 4.57 Å². The van der Waals surface area contributed by atoms with Crippen molar-refractivity contribution >= 4 is 5.52 Å². The van der Waals surface area contributed by atoms with E-state index in [9.17, 15) is 0 Å². The van der Waals surface area contributed by atoms with Gasteiger partial charge < -0.3 is 0 Å². The summed E-state index contributed by atoms with van der Waals surface area (Å²) in [6, 6.07) is 13.8. The molecule has 2 nitrogen and oxygen atoms in total. The molecule has 0 radical (unpaired) electrons. The van der Waals surface area contributed by atoms with Crippen LogP contribution in [0.5, 0.6) is 0 Å². The van der Waals surface area contributed by atoms with Gasteiger partial charge in [-0.3, -0.25) is 0 Å². The van der Waals surface area contributed by atoms with Crippen LogP contribution in [0.15, 0.2) is 48.9 Å². The maximum atomic E-state index is 2.51. The van der Waals surface area contributed by atoms with Gasteiger partial charge in [-0.2, -0.15) is 4.40 Å². The van der Waals surface area contributed by atoms with Gasteiger partial charge in [0.15, 0.2) is 5.52 Å². The minimum absolute atomic E-state index is 0.254. The van der Waals surface area contributed by atoms with Gasteiger partial charge in [-0.05, 0) is 55.1 Å². The summed E-state index contributed by atoms with van der Waals surface area (Å²) in [6.07, 6.45) is 11.3. The Morgan fingerprint density at radius 1 is 0.906 bits per heavy atom. The molecule has 1 aromatic carbocycles. The molecule has 1 fully saturated rings. The average molecular weight is 432 g/mol. The van der Waals surface area contributed by atoms with E-state index in [4.69, 9.17) is 0 Å². The topological polar surface area (TPSA) is 8.29 Å². The summed E-state index contributed by atoms with van der Waals surface area (Å²) in [7, 11) is 0. The molecule has 1 saturated carbocycles. The molecule has 0 saturated heterocycles. The highest BCUT2D eigenvalue weighted by Crippen LogP contribution is 2.45. The van der Waals surface area contributed by atoms with Crippen LogP contribution in [0.25, 0.3) is 11.2 Å². The number of aromatic nitrogens is 2. The summed E-state index contributed by atoms with van der Waals surface area (Å²) >= 11 is 0. The molecule has 0 amide bonds. The molecule has 0 spiro atoms. The number of rotatable bonds is 5. The lowest BCUT2D eigenvalue weighted by Gasteiger charge is -2.33. The summed E-state index contributed by atoms with van der Waals surface area (Å²) in [4.78, 5) is 0. The van der Waals surface area contributed by atoms with Gasteiger partial charge in [-0.15, -0.1) is 0 Å². The van der Waals surface area contributed by atoms with Gasteiger partial charge in [0.2, 0.25) is 0 Å². The van der Waals surface area contributed by atoms with E-state index >= 15 is 0 Å². The Balaban J connectivity index is 1.93. The van der Waals surface area contributed by atoms with Crippen molar-refractivity contribution in [3.8, 4) is 5.69 Å². The van der Waals surface area contributed by atoms with Crippen LogP contribution in [0.1, 0.15) is 109 Å². The molecule has 1 aliphatic rings. The first-order chi connectivity index (χ1) is 15.3. The van der Waals surface area contributed by atoms with Crippen molar-refractivity contribution in [1.29, 1.82) is 0 Å². The fourth-order valence-corrected chi connectivity index (χ4v) is 6.31. The quantitative estimate of drug-likeness (QED) is 0.286. The molecule has 172 valence electrons. The van der Waals surface area contributed by atoms with Gasteiger partial charge in [0.1, 0.15) is 17.6 Å². The van der Waals surface area contributed by atoms with Crippen LogP contribution in [-0.2, 0) is 5.41 Å². The van der Waals surface area contributed by atoms with Crippen molar-refractivity contribution < 1.29 is 4.57 Å². The van der Waals surface area contributed by atoms with Crippen LogP contribution in [0.4, 0.5) is 0 Å². The van der Waals surface area contributed by atoms with Gasteiger partial charge in [0.25, 0.3) is 6.33 Å².